The van der Waals surface area contributed by atoms with Crippen LogP contribution in [-0.4, -0.2) is 57.5 Å². The Morgan fingerprint density at radius 1 is 1.13 bits per heavy atom. The predicted octanol–water partition coefficient (Wildman–Crippen LogP) is -0.122. The van der Waals surface area contributed by atoms with E-state index >= 15 is 0 Å². The van der Waals surface area contributed by atoms with E-state index in [9.17, 15) is 0 Å². The van der Waals surface area contributed by atoms with Crippen molar-refractivity contribution in [3.8, 4) is 10.6 Å². The van der Waals surface area contributed by atoms with Crippen LogP contribution in [0.1, 0.15) is 24.5 Å². The van der Waals surface area contributed by atoms with Crippen molar-refractivity contribution in [2.45, 2.75) is 26.7 Å². The molecule has 0 aromatic heterocycles. The maximum absolute atomic E-state index is 5.54. The van der Waals surface area contributed by atoms with Crippen molar-refractivity contribution < 1.29 is 17.1 Å². The van der Waals surface area contributed by atoms with Crippen LogP contribution in [0.25, 0.3) is 20.8 Å². The molecule has 7 heteroatoms. The molecule has 1 aliphatic carbocycles. The molecule has 1 aromatic carbocycles. The van der Waals surface area contributed by atoms with E-state index in [2.05, 4.69) is 52.9 Å². The molecule has 0 bridgehead atoms. The van der Waals surface area contributed by atoms with Gasteiger partial charge in [-0.1, -0.05) is 6.92 Å². The minimum absolute atomic E-state index is 0. The van der Waals surface area contributed by atoms with Gasteiger partial charge in [0.2, 0.25) is 5.36 Å². The molecule has 2 fully saturated rings. The first kappa shape index (κ1) is 22.5. The van der Waals surface area contributed by atoms with E-state index in [-0.39, 0.29) is 12.4 Å². The molecule has 0 saturated carbocycles. The zero-order chi connectivity index (χ0) is 20.5. The van der Waals surface area contributed by atoms with Crippen LogP contribution in [0.3, 0.4) is 0 Å². The Hall–Kier alpha value is -1.73. The van der Waals surface area contributed by atoms with Crippen LogP contribution >= 0.6 is 11.3 Å². The minimum atomic E-state index is 0. The van der Waals surface area contributed by atoms with Crippen LogP contribution in [-0.2, 0) is 11.2 Å². The fourth-order valence-corrected chi connectivity index (χ4v) is 5.77. The van der Waals surface area contributed by atoms with Crippen LogP contribution < -0.4 is 32.6 Å². The molecule has 0 spiro atoms. The van der Waals surface area contributed by atoms with Crippen molar-refractivity contribution in [2.24, 2.45) is 0 Å². The highest BCUT2D eigenvalue weighted by molar-refractivity contribution is 7.21. The molecule has 5 nitrogen and oxygen atoms in total. The average Bonchev–Trinajstić information content (AvgIpc) is 3.07. The molecular weight excluding hydrogens is 428 g/mol. The Bertz CT molecular complexity index is 1100. The SMILES string of the molecule is CCc1cc(=[N+]2CCCNCC2)cc2sc3cc(N4CCOCC4)cc(C)c3nc1-2.[Cl-]. The van der Waals surface area contributed by atoms with Crippen molar-refractivity contribution >= 4 is 27.2 Å². The number of rotatable bonds is 2. The van der Waals surface area contributed by atoms with Gasteiger partial charge < -0.3 is 27.4 Å². The van der Waals surface area contributed by atoms with Crippen molar-refractivity contribution in [1.82, 2.24) is 14.9 Å². The number of ether oxygens (including phenoxy) is 1. The topological polar surface area (TPSA) is 40.4 Å². The van der Waals surface area contributed by atoms with Gasteiger partial charge in [0.25, 0.3) is 0 Å². The molecule has 3 aliphatic heterocycles. The Labute approximate surface area is 194 Å². The summed E-state index contributed by atoms with van der Waals surface area (Å²) in [5, 5.41) is 4.86. The van der Waals surface area contributed by atoms with Crippen molar-refractivity contribution in [1.29, 1.82) is 0 Å². The summed E-state index contributed by atoms with van der Waals surface area (Å²) in [6.45, 7) is 12.3. The lowest BCUT2D eigenvalue weighted by Crippen LogP contribution is -3.00. The van der Waals surface area contributed by atoms with E-state index < -0.39 is 0 Å². The zero-order valence-electron chi connectivity index (χ0n) is 18.4. The standard InChI is InChI=1S/C24H31N4OS.ClH/c1-3-18-14-20(27-7-4-5-25-6-8-27)16-22-24(18)26-23-17(2)13-19(15-21(23)30-22)28-9-11-29-12-10-28;/h13-16,25H,3-12H2,1-2H3;1H/q+1;/p-1. The average molecular weight is 459 g/mol. The maximum atomic E-state index is 5.54. The highest BCUT2D eigenvalue weighted by Gasteiger charge is 2.19. The molecule has 166 valence electrons. The molecule has 1 aromatic rings. The van der Waals surface area contributed by atoms with Gasteiger partial charge >= 0.3 is 0 Å². The number of aryl methyl sites for hydroxylation is 2. The van der Waals surface area contributed by atoms with Crippen molar-refractivity contribution in [3.63, 3.8) is 0 Å². The number of benzene rings is 2. The van der Waals surface area contributed by atoms with Crippen molar-refractivity contribution in [3.05, 3.63) is 40.7 Å². The van der Waals surface area contributed by atoms with Gasteiger partial charge in [0, 0.05) is 43.9 Å². The first-order chi connectivity index (χ1) is 14.7. The number of fused-ring (bicyclic) bond motifs is 2. The number of nitrogens with zero attached hydrogens (tertiary/aromatic N) is 3. The van der Waals surface area contributed by atoms with E-state index in [1.165, 1.54) is 43.9 Å². The molecule has 0 unspecified atom stereocenters. The summed E-state index contributed by atoms with van der Waals surface area (Å²) >= 11 is 1.89. The maximum Gasteiger partial charge on any atom is 0.201 e. The molecule has 1 N–H and O–H groups in total. The largest absolute Gasteiger partial charge is 1.00 e. The van der Waals surface area contributed by atoms with Gasteiger partial charge in [0.05, 0.1) is 40.5 Å². The Morgan fingerprint density at radius 2 is 1.97 bits per heavy atom. The molecule has 31 heavy (non-hydrogen) atoms. The van der Waals surface area contributed by atoms with Gasteiger partial charge in [-0.15, -0.1) is 11.3 Å². The molecule has 3 heterocycles. The third kappa shape index (κ3) is 4.58. The summed E-state index contributed by atoms with van der Waals surface area (Å²) in [6, 6.07) is 9.37. The predicted molar refractivity (Wildman–Crippen MR) is 126 cm³/mol. The summed E-state index contributed by atoms with van der Waals surface area (Å²) in [7, 11) is 0. The lowest BCUT2D eigenvalue weighted by atomic mass is 10.1. The Kier molecular flexibility index (Phi) is 7.12. The van der Waals surface area contributed by atoms with E-state index in [1.807, 2.05) is 11.3 Å². The number of aromatic nitrogens is 1. The number of halogens is 1. The smallest absolute Gasteiger partial charge is 0.201 e. The summed E-state index contributed by atoms with van der Waals surface area (Å²) < 4.78 is 9.35. The van der Waals surface area contributed by atoms with Crippen LogP contribution in [0.4, 0.5) is 5.69 Å². The summed E-state index contributed by atoms with van der Waals surface area (Å²) in [4.78, 5) is 8.91. The number of morpholine rings is 1. The Balaban J connectivity index is 0.00000231. The third-order valence-electron chi connectivity index (χ3n) is 6.29. The first-order valence-corrected chi connectivity index (χ1v) is 12.0. The second-order valence-corrected chi connectivity index (χ2v) is 9.40. The summed E-state index contributed by atoms with van der Waals surface area (Å²) in [6.07, 6.45) is 2.20. The lowest BCUT2D eigenvalue weighted by Gasteiger charge is -2.29. The third-order valence-corrected chi connectivity index (χ3v) is 7.36. The fourth-order valence-electron chi connectivity index (χ4n) is 4.59. The quantitative estimate of drug-likeness (QED) is 0.429. The highest BCUT2D eigenvalue weighted by Crippen LogP contribution is 2.35. The minimum Gasteiger partial charge on any atom is -1.00 e. The van der Waals surface area contributed by atoms with E-state index in [0.717, 1.165) is 64.4 Å². The Morgan fingerprint density at radius 3 is 2.77 bits per heavy atom. The van der Waals surface area contributed by atoms with Gasteiger partial charge in [-0.2, -0.15) is 0 Å². The van der Waals surface area contributed by atoms with E-state index in [1.54, 1.807) is 0 Å². The van der Waals surface area contributed by atoms with E-state index in [4.69, 9.17) is 9.72 Å². The van der Waals surface area contributed by atoms with E-state index in [0.29, 0.717) is 0 Å². The fraction of sp³-hybridized carbons (Fsp3) is 0.500. The highest BCUT2D eigenvalue weighted by atomic mass is 35.5. The number of hydrogen-bond donors (Lipinski definition) is 1. The summed E-state index contributed by atoms with van der Waals surface area (Å²) in [5.41, 5.74) is 6.23. The van der Waals surface area contributed by atoms with Crippen LogP contribution in [0.5, 0.6) is 0 Å². The van der Waals surface area contributed by atoms with Gasteiger partial charge in [0.1, 0.15) is 6.54 Å². The van der Waals surface area contributed by atoms with Gasteiger partial charge in [-0.3, -0.25) is 0 Å². The van der Waals surface area contributed by atoms with Crippen LogP contribution in [0.15, 0.2) is 24.3 Å². The van der Waals surface area contributed by atoms with Crippen molar-refractivity contribution in [2.75, 3.05) is 57.4 Å². The van der Waals surface area contributed by atoms with Crippen LogP contribution in [0, 0.1) is 6.92 Å². The molecule has 0 radical (unpaired) electrons. The molecular formula is C24H31ClN4OS. The summed E-state index contributed by atoms with van der Waals surface area (Å²) in [5.74, 6) is 0. The van der Waals surface area contributed by atoms with Crippen LogP contribution in [0.2, 0.25) is 0 Å². The second-order valence-electron chi connectivity index (χ2n) is 8.32. The number of anilines is 1. The molecule has 0 atom stereocenters. The second kappa shape index (κ2) is 9.82. The van der Waals surface area contributed by atoms with Gasteiger partial charge in [0.15, 0.2) is 6.54 Å². The molecule has 5 rings (SSSR count). The molecule has 0 amide bonds. The zero-order valence-corrected chi connectivity index (χ0v) is 20.0. The van der Waals surface area contributed by atoms with Gasteiger partial charge in [-0.25, -0.2) is 9.56 Å². The normalized spacial score (nSPS) is 19.4. The lowest BCUT2D eigenvalue weighted by molar-refractivity contribution is -0.00000685. The molecule has 4 aliphatic rings. The molecule has 2 saturated heterocycles. The number of nitrogens with one attached hydrogen (secondary N) is 1. The number of hydrogen-bond acceptors (Lipinski definition) is 5. The van der Waals surface area contributed by atoms with Gasteiger partial charge in [-0.05, 0) is 36.6 Å². The first-order valence-electron chi connectivity index (χ1n) is 11.2. The monoisotopic (exact) mass is 458 g/mol.